The predicted octanol–water partition coefficient (Wildman–Crippen LogP) is 4.79. The van der Waals surface area contributed by atoms with Crippen molar-refractivity contribution in [2.75, 3.05) is 13.2 Å². The Kier molecular flexibility index (Phi) is 15.1. The minimum Gasteiger partial charge on any atom is -0.459 e. The standard InChI is InChI=1S/C20H38O4/c1-5-7-9-10-11-13-15-23-19(14-12-8-6-2)18(21)16-24-20(22)17(3)4/h18-19,21H,3,5-16H2,1-2,4H3. The highest BCUT2D eigenvalue weighted by Gasteiger charge is 2.21. The van der Waals surface area contributed by atoms with E-state index >= 15 is 0 Å². The summed E-state index contributed by atoms with van der Waals surface area (Å²) in [6.45, 7) is 10.1. The average Bonchev–Trinajstić information content (AvgIpc) is 2.56. The van der Waals surface area contributed by atoms with Gasteiger partial charge < -0.3 is 14.6 Å². The number of ether oxygens (including phenoxy) is 2. The Balaban J connectivity index is 4.10. The molecule has 0 heterocycles. The van der Waals surface area contributed by atoms with E-state index in [1.54, 1.807) is 6.92 Å². The van der Waals surface area contributed by atoms with E-state index in [-0.39, 0.29) is 12.7 Å². The van der Waals surface area contributed by atoms with Crippen LogP contribution in [0.5, 0.6) is 0 Å². The predicted molar refractivity (Wildman–Crippen MR) is 99.0 cm³/mol. The third-order valence-corrected chi connectivity index (χ3v) is 4.08. The molecular weight excluding hydrogens is 304 g/mol. The van der Waals surface area contributed by atoms with Crippen LogP contribution in [0.15, 0.2) is 12.2 Å². The summed E-state index contributed by atoms with van der Waals surface area (Å²) in [5.74, 6) is -0.461. The zero-order valence-electron chi connectivity index (χ0n) is 16.0. The van der Waals surface area contributed by atoms with E-state index in [9.17, 15) is 9.90 Å². The molecule has 0 aromatic carbocycles. The van der Waals surface area contributed by atoms with Gasteiger partial charge in [0.2, 0.25) is 0 Å². The van der Waals surface area contributed by atoms with E-state index in [1.807, 2.05) is 0 Å². The van der Waals surface area contributed by atoms with Gasteiger partial charge in [0.1, 0.15) is 12.7 Å². The Morgan fingerprint density at radius 1 is 1.00 bits per heavy atom. The van der Waals surface area contributed by atoms with Crippen LogP contribution in [0, 0.1) is 0 Å². The molecule has 0 aliphatic heterocycles. The van der Waals surface area contributed by atoms with E-state index in [2.05, 4.69) is 20.4 Å². The van der Waals surface area contributed by atoms with Crippen molar-refractivity contribution in [3.63, 3.8) is 0 Å². The second-order valence-corrected chi connectivity index (χ2v) is 6.62. The lowest BCUT2D eigenvalue weighted by molar-refractivity contribution is -0.146. The Morgan fingerprint density at radius 3 is 2.21 bits per heavy atom. The molecule has 0 saturated heterocycles. The van der Waals surface area contributed by atoms with E-state index in [1.165, 1.54) is 32.1 Å². The van der Waals surface area contributed by atoms with Gasteiger partial charge in [-0.15, -0.1) is 0 Å². The molecule has 0 aromatic rings. The summed E-state index contributed by atoms with van der Waals surface area (Å²) in [5, 5.41) is 10.3. The number of carbonyl (C=O) groups excluding carboxylic acids is 1. The van der Waals surface area contributed by atoms with Crippen molar-refractivity contribution in [2.24, 2.45) is 0 Å². The average molecular weight is 343 g/mol. The fourth-order valence-corrected chi connectivity index (χ4v) is 2.49. The van der Waals surface area contributed by atoms with Gasteiger partial charge in [-0.1, -0.05) is 71.8 Å². The number of unbranched alkanes of at least 4 members (excludes halogenated alkanes) is 7. The number of hydrogen-bond donors (Lipinski definition) is 1. The van der Waals surface area contributed by atoms with E-state index in [4.69, 9.17) is 9.47 Å². The first-order valence-corrected chi connectivity index (χ1v) is 9.65. The highest BCUT2D eigenvalue weighted by atomic mass is 16.5. The molecule has 2 atom stereocenters. The van der Waals surface area contributed by atoms with Gasteiger partial charge in [-0.05, 0) is 19.8 Å². The van der Waals surface area contributed by atoms with Crippen LogP contribution in [-0.4, -0.2) is 36.5 Å². The molecule has 0 bridgehead atoms. The van der Waals surface area contributed by atoms with Crippen LogP contribution >= 0.6 is 0 Å². The smallest absolute Gasteiger partial charge is 0.333 e. The first kappa shape index (κ1) is 23.1. The van der Waals surface area contributed by atoms with Gasteiger partial charge in [0, 0.05) is 12.2 Å². The molecule has 0 radical (unpaired) electrons. The third kappa shape index (κ3) is 12.5. The lowest BCUT2D eigenvalue weighted by Gasteiger charge is -2.23. The zero-order chi connectivity index (χ0) is 18.2. The van der Waals surface area contributed by atoms with Crippen molar-refractivity contribution in [2.45, 2.75) is 97.2 Å². The van der Waals surface area contributed by atoms with Gasteiger partial charge >= 0.3 is 5.97 Å². The maximum absolute atomic E-state index is 11.4. The van der Waals surface area contributed by atoms with Crippen molar-refractivity contribution in [3.8, 4) is 0 Å². The molecule has 142 valence electrons. The molecule has 0 aromatic heterocycles. The molecule has 0 fully saturated rings. The Labute approximate surface area is 148 Å². The Hall–Kier alpha value is -0.870. The first-order chi connectivity index (χ1) is 11.5. The van der Waals surface area contributed by atoms with Gasteiger partial charge in [-0.2, -0.15) is 0 Å². The van der Waals surface area contributed by atoms with Crippen molar-refractivity contribution >= 4 is 5.97 Å². The minimum atomic E-state index is -0.773. The molecule has 0 saturated carbocycles. The topological polar surface area (TPSA) is 55.8 Å². The molecule has 1 N–H and O–H groups in total. The van der Waals surface area contributed by atoms with Crippen molar-refractivity contribution in [1.29, 1.82) is 0 Å². The number of carbonyl (C=O) groups is 1. The van der Waals surface area contributed by atoms with Gasteiger partial charge in [0.05, 0.1) is 6.10 Å². The highest BCUT2D eigenvalue weighted by Crippen LogP contribution is 2.13. The molecule has 0 aliphatic rings. The monoisotopic (exact) mass is 342 g/mol. The minimum absolute atomic E-state index is 0.0288. The SMILES string of the molecule is C=C(C)C(=O)OCC(O)C(CCCCC)OCCCCCCCC. The van der Waals surface area contributed by atoms with E-state index < -0.39 is 12.1 Å². The fourth-order valence-electron chi connectivity index (χ4n) is 2.49. The van der Waals surface area contributed by atoms with E-state index in [0.717, 1.165) is 32.1 Å². The summed E-state index contributed by atoms with van der Waals surface area (Å²) in [7, 11) is 0. The maximum Gasteiger partial charge on any atom is 0.333 e. The van der Waals surface area contributed by atoms with Crippen LogP contribution in [0.25, 0.3) is 0 Å². The number of hydrogen-bond acceptors (Lipinski definition) is 4. The lowest BCUT2D eigenvalue weighted by Crippen LogP contribution is -2.34. The number of esters is 1. The Bertz CT molecular complexity index is 328. The van der Waals surface area contributed by atoms with Gasteiger partial charge in [0.25, 0.3) is 0 Å². The first-order valence-electron chi connectivity index (χ1n) is 9.65. The number of aliphatic hydroxyl groups excluding tert-OH is 1. The van der Waals surface area contributed by atoms with Crippen LogP contribution in [0.4, 0.5) is 0 Å². The molecular formula is C20H38O4. The summed E-state index contributed by atoms with van der Waals surface area (Å²) >= 11 is 0. The van der Waals surface area contributed by atoms with Crippen LogP contribution in [0.1, 0.15) is 85.0 Å². The molecule has 4 nitrogen and oxygen atoms in total. The summed E-state index contributed by atoms with van der Waals surface area (Å²) in [4.78, 5) is 11.4. The summed E-state index contributed by atoms with van der Waals surface area (Å²) in [5.41, 5.74) is 0.345. The molecule has 4 heteroatoms. The van der Waals surface area contributed by atoms with E-state index in [0.29, 0.717) is 12.2 Å². The molecule has 0 rings (SSSR count). The summed E-state index contributed by atoms with van der Waals surface area (Å²) in [6.07, 6.45) is 10.3. The van der Waals surface area contributed by atoms with Crippen molar-refractivity contribution in [3.05, 3.63) is 12.2 Å². The zero-order valence-corrected chi connectivity index (χ0v) is 16.0. The van der Waals surface area contributed by atoms with Gasteiger partial charge in [0.15, 0.2) is 0 Å². The quantitative estimate of drug-likeness (QED) is 0.249. The molecule has 24 heavy (non-hydrogen) atoms. The maximum atomic E-state index is 11.4. The molecule has 0 spiro atoms. The van der Waals surface area contributed by atoms with Crippen LogP contribution in [0.3, 0.4) is 0 Å². The van der Waals surface area contributed by atoms with Crippen molar-refractivity contribution in [1.82, 2.24) is 0 Å². The Morgan fingerprint density at radius 2 is 1.58 bits per heavy atom. The second-order valence-electron chi connectivity index (χ2n) is 6.62. The summed E-state index contributed by atoms with van der Waals surface area (Å²) < 4.78 is 10.9. The highest BCUT2D eigenvalue weighted by molar-refractivity contribution is 5.86. The molecule has 2 unspecified atom stereocenters. The molecule has 0 aliphatic carbocycles. The third-order valence-electron chi connectivity index (χ3n) is 4.08. The number of rotatable bonds is 16. The fraction of sp³-hybridized carbons (Fsp3) is 0.850. The van der Waals surface area contributed by atoms with Crippen molar-refractivity contribution < 1.29 is 19.4 Å². The molecule has 0 amide bonds. The summed E-state index contributed by atoms with van der Waals surface area (Å²) in [6, 6.07) is 0. The van der Waals surface area contributed by atoms with Crippen LogP contribution < -0.4 is 0 Å². The van der Waals surface area contributed by atoms with Crippen LogP contribution in [0.2, 0.25) is 0 Å². The van der Waals surface area contributed by atoms with Gasteiger partial charge in [-0.25, -0.2) is 4.79 Å². The largest absolute Gasteiger partial charge is 0.459 e. The normalized spacial score (nSPS) is 13.5. The lowest BCUT2D eigenvalue weighted by atomic mass is 10.1. The number of aliphatic hydroxyl groups is 1. The van der Waals surface area contributed by atoms with Gasteiger partial charge in [-0.3, -0.25) is 0 Å². The van der Waals surface area contributed by atoms with Crippen LogP contribution in [-0.2, 0) is 14.3 Å². The second kappa shape index (κ2) is 15.6.